The number of aryl methyl sites for hydroxylation is 2. The number of rotatable bonds is 7. The summed E-state index contributed by atoms with van der Waals surface area (Å²) < 4.78 is 3.23. The first kappa shape index (κ1) is 18.3. The summed E-state index contributed by atoms with van der Waals surface area (Å²) in [5.41, 5.74) is 1.90. The lowest BCUT2D eigenvalue weighted by Gasteiger charge is -2.04. The number of anilines is 1. The van der Waals surface area contributed by atoms with Crippen LogP contribution in [0.1, 0.15) is 23.4 Å². The molecule has 0 unspecified atom stereocenters. The van der Waals surface area contributed by atoms with E-state index in [0.29, 0.717) is 23.8 Å². The van der Waals surface area contributed by atoms with Gasteiger partial charge in [-0.2, -0.15) is 10.2 Å². The van der Waals surface area contributed by atoms with Gasteiger partial charge in [-0.15, -0.1) is 0 Å². The number of hydrogen-bond acceptors (Lipinski definition) is 5. The van der Waals surface area contributed by atoms with Gasteiger partial charge in [0.25, 0.3) is 0 Å². The molecule has 3 rings (SSSR count). The van der Waals surface area contributed by atoms with E-state index in [1.807, 2.05) is 30.3 Å². The molecule has 27 heavy (non-hydrogen) atoms. The minimum atomic E-state index is -0.451. The number of amides is 1. The zero-order chi connectivity index (χ0) is 19.4. The maximum atomic E-state index is 12.2. The first-order valence-corrected chi connectivity index (χ1v) is 8.49. The minimum absolute atomic E-state index is 0.00457. The van der Waals surface area contributed by atoms with E-state index in [4.69, 9.17) is 0 Å². The summed E-state index contributed by atoms with van der Waals surface area (Å²) in [7, 11) is 0. The van der Waals surface area contributed by atoms with Gasteiger partial charge in [-0.1, -0.05) is 30.3 Å². The number of aromatic nitrogens is 4. The van der Waals surface area contributed by atoms with E-state index in [9.17, 15) is 14.9 Å². The van der Waals surface area contributed by atoms with E-state index >= 15 is 0 Å². The Morgan fingerprint density at radius 1 is 1.19 bits per heavy atom. The molecule has 0 saturated carbocycles. The molecule has 0 aliphatic carbocycles. The first-order valence-electron chi connectivity index (χ1n) is 8.49. The summed E-state index contributed by atoms with van der Waals surface area (Å²) in [5, 5.41) is 22.2. The quantitative estimate of drug-likeness (QED) is 0.509. The molecule has 0 aliphatic heterocycles. The van der Waals surface area contributed by atoms with E-state index < -0.39 is 4.92 Å². The summed E-state index contributed by atoms with van der Waals surface area (Å²) in [6, 6.07) is 11.6. The zero-order valence-electron chi connectivity index (χ0n) is 15.1. The molecular formula is C18H20N6O3. The summed E-state index contributed by atoms with van der Waals surface area (Å²) in [6.07, 6.45) is 1.94. The number of nitrogens with one attached hydrogen (secondary N) is 1. The van der Waals surface area contributed by atoms with E-state index in [0.717, 1.165) is 5.56 Å². The second-order valence-corrected chi connectivity index (χ2v) is 6.18. The molecule has 0 atom stereocenters. The first-order chi connectivity index (χ1) is 12.9. The molecule has 2 heterocycles. The molecule has 2 aromatic heterocycles. The van der Waals surface area contributed by atoms with Gasteiger partial charge >= 0.3 is 5.69 Å². The fraction of sp³-hybridized carbons (Fsp3) is 0.278. The lowest BCUT2D eigenvalue weighted by Crippen LogP contribution is -2.16. The van der Waals surface area contributed by atoms with Crippen molar-refractivity contribution in [3.8, 4) is 0 Å². The zero-order valence-corrected chi connectivity index (χ0v) is 15.1. The van der Waals surface area contributed by atoms with Crippen LogP contribution in [0.25, 0.3) is 0 Å². The third kappa shape index (κ3) is 4.38. The SMILES string of the molecule is Cc1nn(CCC(=O)Nc2ccn(Cc3ccccc3)n2)c(C)c1[N+](=O)[O-]. The van der Waals surface area contributed by atoms with Crippen LogP contribution in [0.5, 0.6) is 0 Å². The van der Waals surface area contributed by atoms with Crippen molar-refractivity contribution in [2.75, 3.05) is 5.32 Å². The fourth-order valence-electron chi connectivity index (χ4n) is 2.87. The molecule has 0 fully saturated rings. The minimum Gasteiger partial charge on any atom is -0.309 e. The van der Waals surface area contributed by atoms with E-state index in [1.54, 1.807) is 30.8 Å². The van der Waals surface area contributed by atoms with Crippen LogP contribution < -0.4 is 5.32 Å². The smallest absolute Gasteiger partial charge is 0.309 e. The molecule has 9 heteroatoms. The number of carbonyl (C=O) groups excluding carboxylic acids is 1. The number of nitro groups is 1. The van der Waals surface area contributed by atoms with Gasteiger partial charge in [-0.3, -0.25) is 24.3 Å². The van der Waals surface area contributed by atoms with Crippen molar-refractivity contribution in [1.29, 1.82) is 0 Å². The maximum Gasteiger partial charge on any atom is 0.312 e. The Balaban J connectivity index is 1.56. The molecule has 140 valence electrons. The number of hydrogen-bond donors (Lipinski definition) is 1. The monoisotopic (exact) mass is 368 g/mol. The number of nitrogens with zero attached hydrogens (tertiary/aromatic N) is 5. The molecule has 1 aromatic carbocycles. The lowest BCUT2D eigenvalue weighted by molar-refractivity contribution is -0.386. The molecule has 9 nitrogen and oxygen atoms in total. The average molecular weight is 368 g/mol. The van der Waals surface area contributed by atoms with Crippen LogP contribution in [0.4, 0.5) is 11.5 Å². The van der Waals surface area contributed by atoms with E-state index in [2.05, 4.69) is 15.5 Å². The van der Waals surface area contributed by atoms with Gasteiger partial charge in [0.15, 0.2) is 5.82 Å². The van der Waals surface area contributed by atoms with Crippen LogP contribution in [-0.4, -0.2) is 30.4 Å². The second-order valence-electron chi connectivity index (χ2n) is 6.18. The topological polar surface area (TPSA) is 108 Å². The highest BCUT2D eigenvalue weighted by atomic mass is 16.6. The van der Waals surface area contributed by atoms with Crippen LogP contribution in [0.3, 0.4) is 0 Å². The maximum absolute atomic E-state index is 12.2. The standard InChI is InChI=1S/C18H20N6O3/c1-13-18(24(26)27)14(2)23(20-13)11-9-17(25)19-16-8-10-22(21-16)12-15-6-4-3-5-7-15/h3-8,10H,9,11-12H2,1-2H3,(H,19,21,25). The van der Waals surface area contributed by atoms with Crippen molar-refractivity contribution in [1.82, 2.24) is 19.6 Å². The van der Waals surface area contributed by atoms with Gasteiger partial charge in [-0.05, 0) is 19.4 Å². The predicted octanol–water partition coefficient (Wildman–Crippen LogP) is 2.68. The van der Waals surface area contributed by atoms with Crippen LogP contribution in [0.2, 0.25) is 0 Å². The van der Waals surface area contributed by atoms with Crippen LogP contribution in [0, 0.1) is 24.0 Å². The van der Waals surface area contributed by atoms with E-state index in [-0.39, 0.29) is 24.6 Å². The molecule has 0 saturated heterocycles. The van der Waals surface area contributed by atoms with Crippen molar-refractivity contribution in [3.05, 3.63) is 69.7 Å². The molecule has 0 spiro atoms. The van der Waals surface area contributed by atoms with Crippen molar-refractivity contribution in [3.63, 3.8) is 0 Å². The highest BCUT2D eigenvalue weighted by Crippen LogP contribution is 2.21. The van der Waals surface area contributed by atoms with Crippen molar-refractivity contribution < 1.29 is 9.72 Å². The van der Waals surface area contributed by atoms with Crippen molar-refractivity contribution in [2.24, 2.45) is 0 Å². The summed E-state index contributed by atoms with van der Waals surface area (Å²) in [6.45, 7) is 4.09. The summed E-state index contributed by atoms with van der Waals surface area (Å²) in [5.74, 6) is 0.241. The number of carbonyl (C=O) groups is 1. The Labute approximate surface area is 155 Å². The highest BCUT2D eigenvalue weighted by Gasteiger charge is 2.21. The lowest BCUT2D eigenvalue weighted by atomic mass is 10.2. The average Bonchev–Trinajstić information content (AvgIpc) is 3.17. The summed E-state index contributed by atoms with van der Waals surface area (Å²) >= 11 is 0. The molecular weight excluding hydrogens is 348 g/mol. The van der Waals surface area contributed by atoms with Crippen LogP contribution >= 0.6 is 0 Å². The van der Waals surface area contributed by atoms with Crippen LogP contribution in [0.15, 0.2) is 42.6 Å². The molecule has 0 radical (unpaired) electrons. The van der Waals surface area contributed by atoms with Crippen molar-refractivity contribution >= 4 is 17.4 Å². The second kappa shape index (κ2) is 7.81. The molecule has 1 N–H and O–H groups in total. The Bertz CT molecular complexity index is 961. The molecule has 1 amide bonds. The third-order valence-electron chi connectivity index (χ3n) is 4.17. The van der Waals surface area contributed by atoms with Crippen molar-refractivity contribution in [2.45, 2.75) is 33.4 Å². The predicted molar refractivity (Wildman–Crippen MR) is 99.4 cm³/mol. The van der Waals surface area contributed by atoms with Gasteiger partial charge in [0.1, 0.15) is 11.4 Å². The molecule has 0 bridgehead atoms. The van der Waals surface area contributed by atoms with Gasteiger partial charge in [-0.25, -0.2) is 0 Å². The van der Waals surface area contributed by atoms with Gasteiger partial charge in [0.05, 0.1) is 18.0 Å². The van der Waals surface area contributed by atoms with Crippen LogP contribution in [-0.2, 0) is 17.9 Å². The largest absolute Gasteiger partial charge is 0.312 e. The Hall–Kier alpha value is -3.49. The van der Waals surface area contributed by atoms with Gasteiger partial charge in [0, 0.05) is 18.7 Å². The van der Waals surface area contributed by atoms with Gasteiger partial charge in [0.2, 0.25) is 5.91 Å². The number of benzene rings is 1. The summed E-state index contributed by atoms with van der Waals surface area (Å²) in [4.78, 5) is 22.7. The molecule has 3 aromatic rings. The third-order valence-corrected chi connectivity index (χ3v) is 4.17. The highest BCUT2D eigenvalue weighted by molar-refractivity contribution is 5.89. The Morgan fingerprint density at radius 3 is 2.59 bits per heavy atom. The Morgan fingerprint density at radius 2 is 1.93 bits per heavy atom. The molecule has 0 aliphatic rings. The normalized spacial score (nSPS) is 10.7. The van der Waals surface area contributed by atoms with Gasteiger partial charge < -0.3 is 5.32 Å². The van der Waals surface area contributed by atoms with E-state index in [1.165, 1.54) is 4.68 Å². The Kier molecular flexibility index (Phi) is 5.30. The fourth-order valence-corrected chi connectivity index (χ4v) is 2.87.